The van der Waals surface area contributed by atoms with E-state index in [1.165, 1.54) is 17.4 Å². The van der Waals surface area contributed by atoms with Crippen LogP contribution in [0.15, 0.2) is 175 Å². The van der Waals surface area contributed by atoms with Crippen LogP contribution >= 0.6 is 0 Å². The van der Waals surface area contributed by atoms with Crippen LogP contribution in [0, 0.1) is 18.1 Å². The molecule has 5 nitrogen and oxygen atoms in total. The van der Waals surface area contributed by atoms with E-state index in [1.54, 1.807) is 0 Å². The van der Waals surface area contributed by atoms with Gasteiger partial charge < -0.3 is 14.0 Å². The summed E-state index contributed by atoms with van der Waals surface area (Å²) in [6.07, 6.45) is 3.53. The van der Waals surface area contributed by atoms with Crippen LogP contribution in [-0.2, 0) is 20.1 Å². The molecular weight excluding hydrogens is 912 g/mol. The van der Waals surface area contributed by atoms with Gasteiger partial charge in [0.25, 0.3) is 0 Å². The summed E-state index contributed by atoms with van der Waals surface area (Å²) in [5.41, 5.74) is 10.9. The molecule has 0 saturated heterocycles. The van der Waals surface area contributed by atoms with E-state index in [0.29, 0.717) is 22.6 Å². The first-order valence-corrected chi connectivity index (χ1v) is 22.4. The molecular formula is C50H37FIrN4OSi-2. The van der Waals surface area contributed by atoms with Gasteiger partial charge in [-0.1, -0.05) is 134 Å². The molecule has 8 heteroatoms. The molecule has 58 heavy (non-hydrogen) atoms. The maximum Gasteiger partial charge on any atom is 0.216 e. The van der Waals surface area contributed by atoms with Crippen molar-refractivity contribution in [1.82, 2.24) is 19.5 Å². The summed E-state index contributed by atoms with van der Waals surface area (Å²) in [4.78, 5) is 13.5. The number of hydrogen-bond acceptors (Lipinski definition) is 4. The normalized spacial score (nSPS) is 11.3. The average Bonchev–Trinajstić information content (AvgIpc) is 3.82. The first kappa shape index (κ1) is 38.6. The van der Waals surface area contributed by atoms with Crippen LogP contribution in [0.3, 0.4) is 0 Å². The van der Waals surface area contributed by atoms with Crippen LogP contribution in [0.1, 0.15) is 0 Å². The molecule has 285 valence electrons. The predicted molar refractivity (Wildman–Crippen MR) is 233 cm³/mol. The van der Waals surface area contributed by atoms with Gasteiger partial charge in [0.1, 0.15) is 5.58 Å². The van der Waals surface area contributed by atoms with E-state index in [2.05, 4.69) is 131 Å². The molecule has 0 unspecified atom stereocenters. The minimum atomic E-state index is -1.23. The molecule has 0 aliphatic rings. The van der Waals surface area contributed by atoms with E-state index in [9.17, 15) is 4.39 Å². The number of fused-ring (bicyclic) bond motifs is 4. The van der Waals surface area contributed by atoms with Crippen LogP contribution in [0.2, 0.25) is 19.6 Å². The molecule has 10 rings (SSSR count). The van der Waals surface area contributed by atoms with Gasteiger partial charge in [-0.25, -0.2) is 4.98 Å². The first-order chi connectivity index (χ1) is 27.8. The molecule has 0 atom stereocenters. The Morgan fingerprint density at radius 1 is 0.638 bits per heavy atom. The average molecular weight is 949 g/mol. The maximum absolute atomic E-state index is 14.0. The second kappa shape index (κ2) is 16.3. The standard InChI is InChI=1S/C36H21FN3O.C14H16NSi.Ir/c37-33-21-32-29(22-38-33)27-17-10-18-28(35(27)41-32)36-39-30-19-7-8-20-31(30)40(36)34-25(23-11-3-1-4-12-23)15-9-16-26(34)24-13-5-2-6-14-24;1-16(2,3)13-9-10-14(15-11-13)12-7-5-4-6-8-12;/h1-17,19-22H;4-7,9-11H,1-3H3;/q2*-1;. The Morgan fingerprint density at radius 2 is 1.33 bits per heavy atom. The number of nitrogens with zero attached hydrogens (tertiary/aromatic N) is 4. The van der Waals surface area contributed by atoms with Crippen molar-refractivity contribution in [2.75, 3.05) is 0 Å². The number of pyridine rings is 2. The van der Waals surface area contributed by atoms with Gasteiger partial charge in [-0.15, -0.1) is 54.1 Å². The quantitative estimate of drug-likeness (QED) is 0.0947. The Labute approximate surface area is 351 Å². The van der Waals surface area contributed by atoms with Gasteiger partial charge in [0.2, 0.25) is 5.95 Å². The second-order valence-corrected chi connectivity index (χ2v) is 19.9. The molecule has 0 aliphatic heterocycles. The molecule has 0 N–H and O–H groups in total. The number of benzene rings is 6. The molecule has 1 radical (unpaired) electrons. The Bertz CT molecular complexity index is 2940. The van der Waals surface area contributed by atoms with Gasteiger partial charge in [0.05, 0.1) is 36.2 Å². The molecule has 10 aromatic rings. The summed E-state index contributed by atoms with van der Waals surface area (Å²) >= 11 is 0. The number of furan rings is 1. The number of halogens is 1. The van der Waals surface area contributed by atoms with E-state index in [4.69, 9.17) is 9.40 Å². The molecule has 6 aromatic carbocycles. The molecule has 0 saturated carbocycles. The van der Waals surface area contributed by atoms with E-state index < -0.39 is 14.0 Å². The van der Waals surface area contributed by atoms with Crippen molar-refractivity contribution in [1.29, 1.82) is 0 Å². The molecule has 4 aromatic heterocycles. The SMILES string of the molecule is C[Si](C)(C)c1ccc(-c2[c-]cccc2)nc1.Fc1cc2oc3c(-c4nc5ccccc5n4-c4c(-c5ccccc5)cccc4-c4ccccc4)[c-]ccc3c2cn1.[Ir]. The number of para-hydroxylation sites is 3. The van der Waals surface area contributed by atoms with Crippen LogP contribution < -0.4 is 5.19 Å². The zero-order valence-corrected chi connectivity index (χ0v) is 35.5. The van der Waals surface area contributed by atoms with E-state index in [0.717, 1.165) is 61.0 Å². The minimum absolute atomic E-state index is 0. The molecule has 0 aliphatic carbocycles. The van der Waals surface area contributed by atoms with Gasteiger partial charge in [-0.05, 0) is 34.1 Å². The maximum atomic E-state index is 14.0. The van der Waals surface area contributed by atoms with Crippen molar-refractivity contribution in [2.24, 2.45) is 0 Å². The van der Waals surface area contributed by atoms with Crippen molar-refractivity contribution < 1.29 is 28.9 Å². The molecule has 0 spiro atoms. The third-order valence-corrected chi connectivity index (χ3v) is 12.1. The Balaban J connectivity index is 0.000000233. The Kier molecular flexibility index (Phi) is 10.8. The van der Waals surface area contributed by atoms with Crippen LogP contribution in [0.4, 0.5) is 4.39 Å². The molecule has 0 amide bonds. The van der Waals surface area contributed by atoms with Crippen molar-refractivity contribution >= 4 is 46.2 Å². The molecule has 0 bridgehead atoms. The van der Waals surface area contributed by atoms with Crippen molar-refractivity contribution in [3.05, 3.63) is 188 Å². The monoisotopic (exact) mass is 949 g/mol. The van der Waals surface area contributed by atoms with Crippen LogP contribution in [0.5, 0.6) is 0 Å². The number of hydrogen-bond donors (Lipinski definition) is 0. The van der Waals surface area contributed by atoms with Gasteiger partial charge >= 0.3 is 0 Å². The topological polar surface area (TPSA) is 56.7 Å². The zero-order chi connectivity index (χ0) is 38.9. The Morgan fingerprint density at radius 3 is 1.98 bits per heavy atom. The fourth-order valence-electron chi connectivity index (χ4n) is 7.23. The third kappa shape index (κ3) is 7.46. The summed E-state index contributed by atoms with van der Waals surface area (Å²) < 4.78 is 22.5. The summed E-state index contributed by atoms with van der Waals surface area (Å²) in [6, 6.07) is 59.2. The fourth-order valence-corrected chi connectivity index (χ4v) is 8.27. The predicted octanol–water partition coefficient (Wildman–Crippen LogP) is 12.4. The molecule has 0 fully saturated rings. The van der Waals surface area contributed by atoms with Gasteiger partial charge in [0.15, 0.2) is 0 Å². The number of aromatic nitrogens is 4. The van der Waals surface area contributed by atoms with Gasteiger partial charge in [-0.2, -0.15) is 4.39 Å². The molecule has 4 heterocycles. The summed E-state index contributed by atoms with van der Waals surface area (Å²) in [5, 5.41) is 2.97. The van der Waals surface area contributed by atoms with Crippen LogP contribution in [0.25, 0.3) is 83.6 Å². The second-order valence-electron chi connectivity index (χ2n) is 14.9. The fraction of sp³-hybridized carbons (Fsp3) is 0.0600. The first-order valence-electron chi connectivity index (χ1n) is 18.9. The smallest absolute Gasteiger partial charge is 0.216 e. The summed E-state index contributed by atoms with van der Waals surface area (Å²) in [7, 11) is -1.23. The largest absolute Gasteiger partial charge is 0.500 e. The zero-order valence-electron chi connectivity index (χ0n) is 32.1. The Hall–Kier alpha value is -6.31. The van der Waals surface area contributed by atoms with E-state index in [-0.39, 0.29) is 20.1 Å². The summed E-state index contributed by atoms with van der Waals surface area (Å²) in [6.45, 7) is 7.00. The van der Waals surface area contributed by atoms with Crippen molar-refractivity contribution in [3.63, 3.8) is 0 Å². The third-order valence-electron chi connectivity index (χ3n) is 10.1. The van der Waals surface area contributed by atoms with Gasteiger partial charge in [0, 0.05) is 55.1 Å². The van der Waals surface area contributed by atoms with Crippen LogP contribution in [-0.4, -0.2) is 27.6 Å². The van der Waals surface area contributed by atoms with Gasteiger partial charge in [-0.3, -0.25) is 4.98 Å². The summed E-state index contributed by atoms with van der Waals surface area (Å²) in [5.74, 6) is 0.100. The van der Waals surface area contributed by atoms with Crippen molar-refractivity contribution in [3.8, 4) is 50.6 Å². The van der Waals surface area contributed by atoms with E-state index in [1.807, 2.05) is 72.9 Å². The number of rotatable bonds is 6. The minimum Gasteiger partial charge on any atom is -0.500 e. The van der Waals surface area contributed by atoms with Crippen molar-refractivity contribution in [2.45, 2.75) is 19.6 Å². The number of imidazole rings is 1. The van der Waals surface area contributed by atoms with E-state index >= 15 is 0 Å².